The largest absolute Gasteiger partial charge is 0.400 e. The van der Waals surface area contributed by atoms with E-state index in [1.807, 2.05) is 79.7 Å². The summed E-state index contributed by atoms with van der Waals surface area (Å²) in [5.74, 6) is 0. The molecule has 2 fully saturated rings. The van der Waals surface area contributed by atoms with Crippen molar-refractivity contribution >= 4 is 24.4 Å². The highest BCUT2D eigenvalue weighted by atomic mass is 16.3. The van der Waals surface area contributed by atoms with Gasteiger partial charge < -0.3 is 20.4 Å². The van der Waals surface area contributed by atoms with E-state index in [2.05, 4.69) is 0 Å². The second kappa shape index (κ2) is 6.34. The molecule has 3 rings (SSSR count). The molecule has 6 heteroatoms. The van der Waals surface area contributed by atoms with Crippen LogP contribution in [-0.4, -0.2) is 57.9 Å². The molecule has 4 nitrogen and oxygen atoms in total. The van der Waals surface area contributed by atoms with Gasteiger partial charge in [0, 0.05) is 24.0 Å². The van der Waals surface area contributed by atoms with Crippen LogP contribution >= 0.6 is 0 Å². The lowest BCUT2D eigenvalue weighted by Crippen LogP contribution is -2.51. The average molecular weight is 386 g/mol. The fourth-order valence-corrected chi connectivity index (χ4v) is 5.34. The summed E-state index contributed by atoms with van der Waals surface area (Å²) in [5, 5.41) is 43.8. The first kappa shape index (κ1) is 21.9. The average Bonchev–Trinajstić information content (AvgIpc) is 2.80. The van der Waals surface area contributed by atoms with Gasteiger partial charge in [-0.15, -0.1) is 0 Å². The van der Waals surface area contributed by atoms with Crippen LogP contribution in [0.15, 0.2) is 24.3 Å². The predicted octanol–water partition coefficient (Wildman–Crippen LogP) is 0.823. The molecule has 4 N–H and O–H groups in total. The van der Waals surface area contributed by atoms with Crippen molar-refractivity contribution in [3.05, 3.63) is 24.3 Å². The van der Waals surface area contributed by atoms with Gasteiger partial charge >= 0.3 is 0 Å². The summed E-state index contributed by atoms with van der Waals surface area (Å²) >= 11 is 0. The highest BCUT2D eigenvalue weighted by molar-refractivity contribution is 6.78. The number of aliphatic hydroxyl groups is 4. The minimum atomic E-state index is -0.649. The number of benzene rings is 1. The van der Waals surface area contributed by atoms with Crippen molar-refractivity contribution < 1.29 is 20.4 Å². The minimum absolute atomic E-state index is 0.356. The molecular weight excluding hydrogens is 350 g/mol. The topological polar surface area (TPSA) is 80.9 Å². The van der Waals surface area contributed by atoms with E-state index in [-0.39, 0.29) is 13.4 Å². The molecule has 1 aromatic rings. The Morgan fingerprint density at radius 2 is 0.679 bits per heavy atom. The maximum atomic E-state index is 10.9. The second-order valence-corrected chi connectivity index (χ2v) is 11.4. The highest BCUT2D eigenvalue weighted by Crippen LogP contribution is 2.52. The van der Waals surface area contributed by atoms with E-state index in [1.54, 1.807) is 0 Å². The monoisotopic (exact) mass is 386 g/mol. The van der Waals surface area contributed by atoms with Gasteiger partial charge in [0.1, 0.15) is 0 Å². The molecule has 2 aliphatic heterocycles. The third-order valence-corrected chi connectivity index (χ3v) is 9.35. The van der Waals surface area contributed by atoms with Gasteiger partial charge in [-0.2, -0.15) is 0 Å². The smallest absolute Gasteiger partial charge is 0.243 e. The van der Waals surface area contributed by atoms with Crippen LogP contribution < -0.4 is 10.9 Å². The molecule has 1 aromatic carbocycles. The molecule has 0 aliphatic carbocycles. The standard InChI is InChI=1S/C22H36B2O4/c1-19(2)15(25)23(16(26)20(19,3)4)13-9-11-14(12-10-13)24-17(27)21(5,6)22(7,8)18(24)28/h9-12,15-18,25-28H,1-8H3. The van der Waals surface area contributed by atoms with Crippen LogP contribution in [0.5, 0.6) is 0 Å². The van der Waals surface area contributed by atoms with Gasteiger partial charge in [-0.3, -0.25) is 0 Å². The van der Waals surface area contributed by atoms with E-state index in [0.29, 0.717) is 0 Å². The first-order valence-corrected chi connectivity index (χ1v) is 10.4. The lowest BCUT2D eigenvalue weighted by Gasteiger charge is -2.39. The molecule has 2 aliphatic rings. The third kappa shape index (κ3) is 2.61. The second-order valence-electron chi connectivity index (χ2n) is 11.4. The molecule has 0 aromatic heterocycles. The Hall–Kier alpha value is -0.810. The van der Waals surface area contributed by atoms with Gasteiger partial charge in [-0.25, -0.2) is 0 Å². The van der Waals surface area contributed by atoms with Gasteiger partial charge in [0.05, 0.1) is 0 Å². The third-order valence-electron chi connectivity index (χ3n) is 9.35. The lowest BCUT2D eigenvalue weighted by molar-refractivity contribution is -0.00955. The molecule has 2 heterocycles. The van der Waals surface area contributed by atoms with Crippen LogP contribution in [0.1, 0.15) is 55.4 Å². The molecule has 154 valence electrons. The zero-order valence-corrected chi connectivity index (χ0v) is 18.6. The number of hydrogen-bond donors (Lipinski definition) is 4. The van der Waals surface area contributed by atoms with Crippen molar-refractivity contribution in [2.45, 2.75) is 79.4 Å². The lowest BCUT2D eigenvalue weighted by atomic mass is 9.36. The Bertz CT molecular complexity index is 638. The predicted molar refractivity (Wildman–Crippen MR) is 116 cm³/mol. The van der Waals surface area contributed by atoms with Crippen LogP contribution in [0.2, 0.25) is 0 Å². The normalized spacial score (nSPS) is 35.4. The van der Waals surface area contributed by atoms with E-state index < -0.39 is 45.7 Å². The van der Waals surface area contributed by atoms with E-state index in [1.165, 1.54) is 0 Å². The van der Waals surface area contributed by atoms with Gasteiger partial charge in [0.25, 0.3) is 0 Å². The van der Waals surface area contributed by atoms with Crippen molar-refractivity contribution in [2.24, 2.45) is 21.7 Å². The Balaban J connectivity index is 1.94. The summed E-state index contributed by atoms with van der Waals surface area (Å²) in [6.07, 6.45) is 0. The molecule has 0 bridgehead atoms. The Morgan fingerprint density at radius 1 is 0.500 bits per heavy atom. The SMILES string of the molecule is CC1(C)C(O)B(c2ccc(B3C(O)C(C)(C)C(C)(C)C3O)cc2)C(O)C1(C)C. The van der Waals surface area contributed by atoms with Crippen molar-refractivity contribution in [2.75, 3.05) is 0 Å². The number of hydrogen-bond acceptors (Lipinski definition) is 4. The molecule has 4 unspecified atom stereocenters. The molecule has 4 atom stereocenters. The van der Waals surface area contributed by atoms with Gasteiger partial charge in [0.2, 0.25) is 13.4 Å². The Morgan fingerprint density at radius 3 is 0.857 bits per heavy atom. The van der Waals surface area contributed by atoms with Crippen LogP contribution in [-0.2, 0) is 0 Å². The van der Waals surface area contributed by atoms with E-state index >= 15 is 0 Å². The van der Waals surface area contributed by atoms with E-state index in [0.717, 1.165) is 10.9 Å². The zero-order chi connectivity index (χ0) is 21.4. The van der Waals surface area contributed by atoms with Gasteiger partial charge in [0.15, 0.2) is 0 Å². The molecule has 0 amide bonds. The Labute approximate surface area is 170 Å². The quantitative estimate of drug-likeness (QED) is 0.568. The van der Waals surface area contributed by atoms with Crippen LogP contribution in [0.3, 0.4) is 0 Å². The van der Waals surface area contributed by atoms with E-state index in [4.69, 9.17) is 0 Å². The number of aliphatic hydroxyl groups excluding tert-OH is 4. The van der Waals surface area contributed by atoms with Crippen LogP contribution in [0.4, 0.5) is 0 Å². The molecule has 0 spiro atoms. The maximum Gasteiger partial charge on any atom is 0.243 e. The molecule has 0 radical (unpaired) electrons. The van der Waals surface area contributed by atoms with Crippen LogP contribution in [0, 0.1) is 21.7 Å². The fourth-order valence-electron chi connectivity index (χ4n) is 5.34. The van der Waals surface area contributed by atoms with Crippen molar-refractivity contribution in [1.29, 1.82) is 0 Å². The molecular formula is C22H36B2O4. The van der Waals surface area contributed by atoms with E-state index in [9.17, 15) is 20.4 Å². The minimum Gasteiger partial charge on any atom is -0.400 e. The summed E-state index contributed by atoms with van der Waals surface area (Å²) in [7, 11) is 0. The van der Waals surface area contributed by atoms with Gasteiger partial charge in [-0.05, 0) is 21.7 Å². The highest BCUT2D eigenvalue weighted by Gasteiger charge is 2.63. The van der Waals surface area contributed by atoms with Crippen molar-refractivity contribution in [3.63, 3.8) is 0 Å². The van der Waals surface area contributed by atoms with Crippen LogP contribution in [0.25, 0.3) is 0 Å². The summed E-state index contributed by atoms with van der Waals surface area (Å²) in [6, 6.07) is 5.13. The molecule has 0 saturated carbocycles. The molecule has 28 heavy (non-hydrogen) atoms. The fraction of sp³-hybridized carbons (Fsp3) is 0.727. The summed E-state index contributed by atoms with van der Waals surface area (Å²) in [5.41, 5.74) is 0.123. The number of rotatable bonds is 2. The summed E-state index contributed by atoms with van der Waals surface area (Å²) < 4.78 is 0. The first-order valence-electron chi connectivity index (χ1n) is 10.4. The summed E-state index contributed by atoms with van der Waals surface area (Å²) in [4.78, 5) is 0. The van der Waals surface area contributed by atoms with Crippen molar-refractivity contribution in [3.8, 4) is 0 Å². The zero-order valence-electron chi connectivity index (χ0n) is 18.6. The summed E-state index contributed by atoms with van der Waals surface area (Å²) in [6.45, 7) is 15.3. The van der Waals surface area contributed by atoms with Crippen molar-refractivity contribution in [1.82, 2.24) is 0 Å². The Kier molecular flexibility index (Phi) is 4.96. The molecule has 2 saturated heterocycles. The first-order chi connectivity index (χ1) is 12.6. The maximum absolute atomic E-state index is 10.9. The van der Waals surface area contributed by atoms with Gasteiger partial charge in [-0.1, -0.05) is 90.6 Å².